The molecule has 3 N–H and O–H groups in total. The Hall–Kier alpha value is -2.41. The van der Waals surface area contributed by atoms with Gasteiger partial charge in [0.15, 0.2) is 11.5 Å². The molecule has 0 saturated carbocycles. The predicted molar refractivity (Wildman–Crippen MR) is 137 cm³/mol. The number of ether oxygens (including phenoxy) is 2. The Labute approximate surface area is 218 Å². The zero-order valence-corrected chi connectivity index (χ0v) is 22.2. The molecule has 206 valence electrons. The number of carbonyl (C=O) groups is 2. The molecule has 3 aliphatic heterocycles. The highest BCUT2D eigenvalue weighted by Crippen LogP contribution is 2.42. The highest BCUT2D eigenvalue weighted by Gasteiger charge is 2.47. The summed E-state index contributed by atoms with van der Waals surface area (Å²) in [6.07, 6.45) is 2.71. The number of carboxylic acids is 1. The predicted octanol–water partition coefficient (Wildman–Crippen LogP) is 0.897. The Balaban J connectivity index is 1.59. The van der Waals surface area contributed by atoms with E-state index < -0.39 is 33.9 Å². The Morgan fingerprint density at radius 1 is 1.22 bits per heavy atom. The fourth-order valence-corrected chi connectivity index (χ4v) is 7.24. The van der Waals surface area contributed by atoms with Crippen molar-refractivity contribution in [2.75, 3.05) is 58.4 Å². The molecule has 0 aliphatic carbocycles. The van der Waals surface area contributed by atoms with Crippen LogP contribution in [0.5, 0.6) is 11.5 Å². The first kappa shape index (κ1) is 27.6. The van der Waals surface area contributed by atoms with E-state index in [0.29, 0.717) is 57.1 Å². The van der Waals surface area contributed by atoms with Crippen LogP contribution >= 0.6 is 0 Å². The average Bonchev–Trinajstić information content (AvgIpc) is 3.56. The summed E-state index contributed by atoms with van der Waals surface area (Å²) >= 11 is 0. The van der Waals surface area contributed by atoms with Crippen LogP contribution in [0.1, 0.15) is 44.1 Å². The van der Waals surface area contributed by atoms with Gasteiger partial charge < -0.3 is 25.2 Å². The molecule has 0 aromatic heterocycles. The molecular weight excluding hydrogens is 500 g/mol. The zero-order valence-electron chi connectivity index (χ0n) is 21.4. The molecule has 0 radical (unpaired) electrons. The summed E-state index contributed by atoms with van der Waals surface area (Å²) in [5.74, 6) is -0.942. The number of carbonyl (C=O) groups excluding carboxylic acids is 1. The highest BCUT2D eigenvalue weighted by atomic mass is 32.2. The molecule has 11 nitrogen and oxygen atoms in total. The van der Waals surface area contributed by atoms with E-state index in [1.807, 2.05) is 17.0 Å². The standard InChI is InChI=1S/C25H38N4O7S/c1-2-3-9-27(12-8-26)23(30)16-28-15-19(18-5-6-21-22(14-18)36-17-35-21)24(25(31)32)20(28)7-11-29-10-4-13-37(29,33)34/h5-6,14,19-20,24H,2-4,7-13,15-17,26H2,1H3,(H,31,32)/t19-,20+,24-/m1/s1. The van der Waals surface area contributed by atoms with Crippen LogP contribution in [0.2, 0.25) is 0 Å². The van der Waals surface area contributed by atoms with E-state index in [1.165, 1.54) is 4.31 Å². The van der Waals surface area contributed by atoms with Gasteiger partial charge in [0.1, 0.15) is 0 Å². The van der Waals surface area contributed by atoms with E-state index >= 15 is 0 Å². The quantitative estimate of drug-likeness (QED) is 0.397. The average molecular weight is 539 g/mol. The lowest BCUT2D eigenvalue weighted by atomic mass is 9.84. The summed E-state index contributed by atoms with van der Waals surface area (Å²) in [4.78, 5) is 29.6. The fourth-order valence-electron chi connectivity index (χ4n) is 5.69. The first-order valence-electron chi connectivity index (χ1n) is 13.1. The van der Waals surface area contributed by atoms with E-state index in [4.69, 9.17) is 15.2 Å². The number of nitrogens with two attached hydrogens (primary N) is 1. The number of benzene rings is 1. The van der Waals surface area contributed by atoms with Crippen molar-refractivity contribution in [3.63, 3.8) is 0 Å². The largest absolute Gasteiger partial charge is 0.481 e. The van der Waals surface area contributed by atoms with Gasteiger partial charge in [-0.05, 0) is 37.0 Å². The van der Waals surface area contributed by atoms with Gasteiger partial charge in [-0.2, -0.15) is 0 Å². The molecule has 12 heteroatoms. The number of sulfonamides is 1. The topological polar surface area (TPSA) is 143 Å². The lowest BCUT2D eigenvalue weighted by molar-refractivity contribution is -0.143. The number of amides is 1. The molecule has 4 rings (SSSR count). The molecule has 0 unspecified atom stereocenters. The molecule has 0 bridgehead atoms. The number of unbranched alkanes of at least 4 members (excludes halogenated alkanes) is 1. The molecule has 37 heavy (non-hydrogen) atoms. The number of carboxylic acid groups (broad SMARTS) is 1. The maximum Gasteiger partial charge on any atom is 0.308 e. The molecule has 3 heterocycles. The third kappa shape index (κ3) is 6.19. The maximum atomic E-state index is 13.3. The van der Waals surface area contributed by atoms with E-state index in [0.717, 1.165) is 18.4 Å². The number of nitrogens with zero attached hydrogens (tertiary/aromatic N) is 3. The smallest absolute Gasteiger partial charge is 0.308 e. The number of hydrogen-bond donors (Lipinski definition) is 2. The monoisotopic (exact) mass is 538 g/mol. The molecular formula is C25H38N4O7S. The third-order valence-corrected chi connectivity index (χ3v) is 9.56. The molecule has 3 aliphatic rings. The molecule has 3 atom stereocenters. The second kappa shape index (κ2) is 12.0. The van der Waals surface area contributed by atoms with Gasteiger partial charge in [-0.3, -0.25) is 14.5 Å². The van der Waals surface area contributed by atoms with Gasteiger partial charge in [-0.15, -0.1) is 0 Å². The lowest BCUT2D eigenvalue weighted by Crippen LogP contribution is -2.46. The Morgan fingerprint density at radius 3 is 2.68 bits per heavy atom. The first-order chi connectivity index (χ1) is 17.7. The summed E-state index contributed by atoms with van der Waals surface area (Å²) < 4.78 is 37.2. The van der Waals surface area contributed by atoms with Crippen molar-refractivity contribution in [2.45, 2.75) is 44.6 Å². The SMILES string of the molecule is CCCCN(CCN)C(=O)CN1C[C@H](c2ccc3c(c2)OCO3)[C@@H](C(=O)O)[C@@H]1CCN1CCCS1(=O)=O. The van der Waals surface area contributed by atoms with Crippen LogP contribution in [0.3, 0.4) is 0 Å². The maximum absolute atomic E-state index is 13.3. The number of rotatable bonds is 12. The fraction of sp³-hybridized carbons (Fsp3) is 0.680. The second-order valence-corrected chi connectivity index (χ2v) is 12.0. The van der Waals surface area contributed by atoms with Crippen LogP contribution in [0.25, 0.3) is 0 Å². The van der Waals surface area contributed by atoms with Crippen LogP contribution in [-0.4, -0.2) is 104 Å². The van der Waals surface area contributed by atoms with Gasteiger partial charge in [0, 0.05) is 51.2 Å². The number of fused-ring (bicyclic) bond motifs is 1. The van der Waals surface area contributed by atoms with E-state index in [9.17, 15) is 23.1 Å². The van der Waals surface area contributed by atoms with E-state index in [1.54, 1.807) is 11.0 Å². The van der Waals surface area contributed by atoms with E-state index in [2.05, 4.69) is 6.92 Å². The third-order valence-electron chi connectivity index (χ3n) is 7.61. The molecule has 2 saturated heterocycles. The molecule has 1 aromatic carbocycles. The molecule has 1 amide bonds. The minimum atomic E-state index is -3.31. The van der Waals surface area contributed by atoms with Gasteiger partial charge in [-0.25, -0.2) is 12.7 Å². The summed E-state index contributed by atoms with van der Waals surface area (Å²) in [5.41, 5.74) is 6.55. The zero-order chi connectivity index (χ0) is 26.6. The Kier molecular flexibility index (Phi) is 8.94. The summed E-state index contributed by atoms with van der Waals surface area (Å²) in [6.45, 7) is 4.67. The van der Waals surface area contributed by atoms with E-state index in [-0.39, 0.29) is 31.5 Å². The van der Waals surface area contributed by atoms with Gasteiger partial charge in [0.2, 0.25) is 22.7 Å². The van der Waals surface area contributed by atoms with Crippen LogP contribution in [0, 0.1) is 5.92 Å². The highest BCUT2D eigenvalue weighted by molar-refractivity contribution is 7.89. The Bertz CT molecular complexity index is 1080. The van der Waals surface area contributed by atoms with Gasteiger partial charge in [0.25, 0.3) is 0 Å². The number of hydrogen-bond acceptors (Lipinski definition) is 8. The molecule has 0 spiro atoms. The van der Waals surface area contributed by atoms with Crippen LogP contribution in [0.15, 0.2) is 18.2 Å². The van der Waals surface area contributed by atoms with Gasteiger partial charge >= 0.3 is 5.97 Å². The van der Waals surface area contributed by atoms with Crippen molar-refractivity contribution >= 4 is 21.9 Å². The summed E-state index contributed by atoms with van der Waals surface area (Å²) in [6, 6.07) is 4.95. The minimum Gasteiger partial charge on any atom is -0.481 e. The molecule has 1 aromatic rings. The lowest BCUT2D eigenvalue weighted by Gasteiger charge is -2.30. The minimum absolute atomic E-state index is 0.0615. The number of aliphatic carboxylic acids is 1. The second-order valence-electron chi connectivity index (χ2n) is 9.96. The first-order valence-corrected chi connectivity index (χ1v) is 14.7. The van der Waals surface area contributed by atoms with Crippen molar-refractivity contribution in [1.29, 1.82) is 0 Å². The van der Waals surface area contributed by atoms with Crippen molar-refractivity contribution in [3.05, 3.63) is 23.8 Å². The van der Waals surface area contributed by atoms with Gasteiger partial charge in [-0.1, -0.05) is 19.4 Å². The van der Waals surface area contributed by atoms with Crippen molar-refractivity contribution in [2.24, 2.45) is 11.7 Å². The number of likely N-dealkylation sites (tertiary alicyclic amines) is 1. The summed E-state index contributed by atoms with van der Waals surface area (Å²) in [7, 11) is -3.31. The normalized spacial score (nSPS) is 25.0. The van der Waals surface area contributed by atoms with Crippen LogP contribution in [-0.2, 0) is 19.6 Å². The van der Waals surface area contributed by atoms with Crippen molar-refractivity contribution < 1.29 is 32.6 Å². The van der Waals surface area contributed by atoms with Crippen molar-refractivity contribution in [1.82, 2.24) is 14.1 Å². The summed E-state index contributed by atoms with van der Waals surface area (Å²) in [5, 5.41) is 10.3. The van der Waals surface area contributed by atoms with Gasteiger partial charge in [0.05, 0.1) is 18.2 Å². The van der Waals surface area contributed by atoms with Crippen LogP contribution < -0.4 is 15.2 Å². The van der Waals surface area contributed by atoms with Crippen LogP contribution in [0.4, 0.5) is 0 Å². The molecule has 2 fully saturated rings. The Morgan fingerprint density at radius 2 is 2.00 bits per heavy atom. The van der Waals surface area contributed by atoms with Crippen molar-refractivity contribution in [3.8, 4) is 11.5 Å².